The van der Waals surface area contributed by atoms with Gasteiger partial charge in [-0.05, 0) is 25.2 Å². The molecule has 0 saturated heterocycles. The van der Waals surface area contributed by atoms with Crippen LogP contribution in [0.4, 0.5) is 0 Å². The van der Waals surface area contributed by atoms with Crippen LogP contribution in [0.25, 0.3) is 0 Å². The lowest BCUT2D eigenvalue weighted by atomic mass is 10.0. The molecule has 0 bridgehead atoms. The summed E-state index contributed by atoms with van der Waals surface area (Å²) in [4.78, 5) is 11.2. The van der Waals surface area contributed by atoms with Crippen LogP contribution in [0.15, 0.2) is 12.7 Å². The Labute approximate surface area is 75.9 Å². The lowest BCUT2D eigenvalue weighted by Gasteiger charge is -2.02. The van der Waals surface area contributed by atoms with E-state index in [1.165, 1.54) is 0 Å². The van der Waals surface area contributed by atoms with Crippen molar-refractivity contribution in [1.82, 2.24) is 0 Å². The van der Waals surface area contributed by atoms with E-state index >= 15 is 0 Å². The van der Waals surface area contributed by atoms with E-state index in [1.54, 1.807) is 0 Å². The SMILES string of the molecule is C=CCCCCC(=O)CC(C)C. The largest absolute Gasteiger partial charge is 0.300 e. The molecule has 0 radical (unpaired) electrons. The second kappa shape index (κ2) is 7.08. The molecule has 0 N–H and O–H groups in total. The molecule has 0 aliphatic rings. The van der Waals surface area contributed by atoms with Crippen LogP contribution in [0.2, 0.25) is 0 Å². The number of Topliss-reactive ketones (excluding diaryl/α,β-unsaturated/α-hetero) is 1. The van der Waals surface area contributed by atoms with Gasteiger partial charge in [-0.15, -0.1) is 6.58 Å². The third-order valence-corrected chi connectivity index (χ3v) is 1.75. The molecule has 0 aliphatic carbocycles. The van der Waals surface area contributed by atoms with Crippen molar-refractivity contribution < 1.29 is 4.79 Å². The summed E-state index contributed by atoms with van der Waals surface area (Å²) in [6, 6.07) is 0. The molecule has 0 heterocycles. The van der Waals surface area contributed by atoms with Gasteiger partial charge in [-0.2, -0.15) is 0 Å². The zero-order valence-electron chi connectivity index (χ0n) is 8.31. The van der Waals surface area contributed by atoms with Crippen molar-refractivity contribution in [3.8, 4) is 0 Å². The van der Waals surface area contributed by atoms with E-state index in [2.05, 4.69) is 20.4 Å². The summed E-state index contributed by atoms with van der Waals surface area (Å²) in [5, 5.41) is 0. The van der Waals surface area contributed by atoms with Crippen LogP contribution in [-0.2, 0) is 4.79 Å². The van der Waals surface area contributed by atoms with Gasteiger partial charge >= 0.3 is 0 Å². The van der Waals surface area contributed by atoms with E-state index in [0.29, 0.717) is 11.7 Å². The van der Waals surface area contributed by atoms with Crippen LogP contribution in [0.5, 0.6) is 0 Å². The summed E-state index contributed by atoms with van der Waals surface area (Å²) < 4.78 is 0. The highest BCUT2D eigenvalue weighted by molar-refractivity contribution is 5.78. The lowest BCUT2D eigenvalue weighted by Crippen LogP contribution is -2.02. The van der Waals surface area contributed by atoms with Crippen LogP contribution in [0.1, 0.15) is 46.0 Å². The topological polar surface area (TPSA) is 17.1 Å². The van der Waals surface area contributed by atoms with Crippen molar-refractivity contribution >= 4 is 5.78 Å². The summed E-state index contributed by atoms with van der Waals surface area (Å²) in [7, 11) is 0. The first kappa shape index (κ1) is 11.4. The Morgan fingerprint density at radius 3 is 2.58 bits per heavy atom. The maximum absolute atomic E-state index is 11.2. The van der Waals surface area contributed by atoms with Crippen LogP contribution >= 0.6 is 0 Å². The van der Waals surface area contributed by atoms with E-state index in [1.807, 2.05) is 6.08 Å². The predicted molar refractivity (Wildman–Crippen MR) is 53.1 cm³/mol. The molecule has 1 heteroatoms. The average Bonchev–Trinajstić information content (AvgIpc) is 1.97. The van der Waals surface area contributed by atoms with Crippen LogP contribution in [0.3, 0.4) is 0 Å². The smallest absolute Gasteiger partial charge is 0.133 e. The summed E-state index contributed by atoms with van der Waals surface area (Å²) in [6.45, 7) is 7.81. The van der Waals surface area contributed by atoms with E-state index in [-0.39, 0.29) is 0 Å². The Morgan fingerprint density at radius 1 is 1.42 bits per heavy atom. The monoisotopic (exact) mass is 168 g/mol. The molecule has 0 atom stereocenters. The Bertz CT molecular complexity index is 136. The quantitative estimate of drug-likeness (QED) is 0.421. The van der Waals surface area contributed by atoms with Gasteiger partial charge in [-0.3, -0.25) is 4.79 Å². The molecule has 0 unspecified atom stereocenters. The molecule has 0 aromatic heterocycles. The highest BCUT2D eigenvalue weighted by Crippen LogP contribution is 2.07. The summed E-state index contributed by atoms with van der Waals surface area (Å²) >= 11 is 0. The first-order valence-electron chi connectivity index (χ1n) is 4.79. The fourth-order valence-electron chi connectivity index (χ4n) is 1.17. The third kappa shape index (κ3) is 7.52. The molecule has 12 heavy (non-hydrogen) atoms. The van der Waals surface area contributed by atoms with Gasteiger partial charge in [-0.25, -0.2) is 0 Å². The molecular formula is C11H20O. The minimum atomic E-state index is 0.411. The van der Waals surface area contributed by atoms with Gasteiger partial charge < -0.3 is 0 Å². The van der Waals surface area contributed by atoms with Gasteiger partial charge in [0.1, 0.15) is 5.78 Å². The number of hydrogen-bond acceptors (Lipinski definition) is 1. The second-order valence-corrected chi connectivity index (χ2v) is 3.67. The normalized spacial score (nSPS) is 10.2. The maximum Gasteiger partial charge on any atom is 0.133 e. The zero-order chi connectivity index (χ0) is 9.40. The second-order valence-electron chi connectivity index (χ2n) is 3.67. The van der Waals surface area contributed by atoms with Crippen LogP contribution in [0, 0.1) is 5.92 Å². The number of allylic oxidation sites excluding steroid dienone is 1. The van der Waals surface area contributed by atoms with Gasteiger partial charge in [-0.1, -0.05) is 19.9 Å². The van der Waals surface area contributed by atoms with Gasteiger partial charge in [0.25, 0.3) is 0 Å². The number of carbonyl (C=O) groups excluding carboxylic acids is 1. The highest BCUT2D eigenvalue weighted by atomic mass is 16.1. The van der Waals surface area contributed by atoms with E-state index in [0.717, 1.165) is 32.1 Å². The van der Waals surface area contributed by atoms with Crippen molar-refractivity contribution in [2.45, 2.75) is 46.0 Å². The summed E-state index contributed by atoms with van der Waals surface area (Å²) in [5.74, 6) is 0.922. The number of carbonyl (C=O) groups is 1. The summed E-state index contributed by atoms with van der Waals surface area (Å²) in [5.41, 5.74) is 0. The van der Waals surface area contributed by atoms with E-state index in [9.17, 15) is 4.79 Å². The van der Waals surface area contributed by atoms with Crippen molar-refractivity contribution in [2.24, 2.45) is 5.92 Å². The fourth-order valence-corrected chi connectivity index (χ4v) is 1.17. The number of unbranched alkanes of at least 4 members (excludes halogenated alkanes) is 2. The van der Waals surface area contributed by atoms with Crippen molar-refractivity contribution in [2.75, 3.05) is 0 Å². The third-order valence-electron chi connectivity index (χ3n) is 1.75. The van der Waals surface area contributed by atoms with E-state index < -0.39 is 0 Å². The van der Waals surface area contributed by atoms with Crippen molar-refractivity contribution in [3.63, 3.8) is 0 Å². The minimum absolute atomic E-state index is 0.411. The Hall–Kier alpha value is -0.590. The predicted octanol–water partition coefficient (Wildman–Crippen LogP) is 3.35. The Kier molecular flexibility index (Phi) is 6.73. The molecule has 0 fully saturated rings. The minimum Gasteiger partial charge on any atom is -0.300 e. The molecule has 0 aromatic rings. The molecule has 0 amide bonds. The maximum atomic E-state index is 11.2. The van der Waals surface area contributed by atoms with E-state index in [4.69, 9.17) is 0 Å². The average molecular weight is 168 g/mol. The first-order valence-corrected chi connectivity index (χ1v) is 4.79. The standard InChI is InChI=1S/C11H20O/c1-4-5-6-7-8-11(12)9-10(2)3/h4,10H,1,5-9H2,2-3H3. The number of hydrogen-bond donors (Lipinski definition) is 0. The highest BCUT2D eigenvalue weighted by Gasteiger charge is 2.03. The molecule has 1 nitrogen and oxygen atoms in total. The first-order chi connectivity index (χ1) is 5.66. The van der Waals surface area contributed by atoms with Crippen LogP contribution < -0.4 is 0 Å². The molecular weight excluding hydrogens is 148 g/mol. The van der Waals surface area contributed by atoms with Crippen LogP contribution in [-0.4, -0.2) is 5.78 Å². The molecule has 0 rings (SSSR count). The van der Waals surface area contributed by atoms with Gasteiger partial charge in [0.05, 0.1) is 0 Å². The van der Waals surface area contributed by atoms with Gasteiger partial charge in [0.2, 0.25) is 0 Å². The summed E-state index contributed by atoms with van der Waals surface area (Å²) in [6.07, 6.45) is 6.58. The zero-order valence-corrected chi connectivity index (χ0v) is 8.31. The van der Waals surface area contributed by atoms with Gasteiger partial charge in [0, 0.05) is 12.8 Å². The molecule has 0 spiro atoms. The molecule has 0 aromatic carbocycles. The molecule has 0 saturated carbocycles. The van der Waals surface area contributed by atoms with Crippen molar-refractivity contribution in [1.29, 1.82) is 0 Å². The van der Waals surface area contributed by atoms with Crippen molar-refractivity contribution in [3.05, 3.63) is 12.7 Å². The lowest BCUT2D eigenvalue weighted by molar-refractivity contribution is -0.119. The fraction of sp³-hybridized carbons (Fsp3) is 0.727. The molecule has 0 aliphatic heterocycles. The van der Waals surface area contributed by atoms with Gasteiger partial charge in [0.15, 0.2) is 0 Å². The number of rotatable bonds is 7. The molecule has 70 valence electrons. The number of ketones is 1. The Balaban J connectivity index is 3.25. The Morgan fingerprint density at radius 2 is 2.08 bits per heavy atom.